The maximum absolute atomic E-state index is 11.7. The summed E-state index contributed by atoms with van der Waals surface area (Å²) < 4.78 is 20.0. The number of hydrogen-bond acceptors (Lipinski definition) is 6. The predicted molar refractivity (Wildman–Crippen MR) is 197 cm³/mol. The number of phenols is 1. The van der Waals surface area contributed by atoms with E-state index in [0.717, 1.165) is 55.7 Å². The Labute approximate surface area is 298 Å². The molecule has 0 spiro atoms. The summed E-state index contributed by atoms with van der Waals surface area (Å²) in [6.45, 7) is 9.46. The van der Waals surface area contributed by atoms with Crippen LogP contribution in [0.1, 0.15) is 74.5 Å². The third kappa shape index (κ3) is 8.64. The zero-order chi connectivity index (χ0) is 34.3. The molecule has 3 atom stereocenters. The van der Waals surface area contributed by atoms with Gasteiger partial charge in [0.2, 0.25) is 0 Å². The summed E-state index contributed by atoms with van der Waals surface area (Å²) in [7, 11) is 0. The van der Waals surface area contributed by atoms with E-state index in [1.807, 2.05) is 0 Å². The predicted octanol–water partition coefficient (Wildman–Crippen LogP) is 6.85. The normalized spacial score (nSPS) is 24.3. The Morgan fingerprint density at radius 2 is 1.80 bits per heavy atom. The highest BCUT2D eigenvalue weighted by Gasteiger charge is 2.46. The molecular weight excluding hydrogens is 626 g/mol. The van der Waals surface area contributed by atoms with Crippen LogP contribution in [0.5, 0.6) is 17.2 Å². The van der Waals surface area contributed by atoms with Gasteiger partial charge in [0.1, 0.15) is 29.9 Å². The van der Waals surface area contributed by atoms with E-state index in [-0.39, 0.29) is 24.3 Å². The molecule has 2 bridgehead atoms. The molecule has 1 aliphatic carbocycles. The summed E-state index contributed by atoms with van der Waals surface area (Å²) in [5.74, 6) is 3.54. The van der Waals surface area contributed by atoms with Gasteiger partial charge in [-0.25, -0.2) is 0 Å². The number of hydrogen-bond donors (Lipinski definition) is 3. The molecule has 8 heteroatoms. The molecule has 1 amide bonds. The summed E-state index contributed by atoms with van der Waals surface area (Å²) in [5.41, 5.74) is 4.15. The molecule has 3 saturated heterocycles. The van der Waals surface area contributed by atoms with Gasteiger partial charge in [-0.05, 0) is 74.4 Å². The van der Waals surface area contributed by atoms with Gasteiger partial charge >= 0.3 is 0 Å². The van der Waals surface area contributed by atoms with E-state index in [0.29, 0.717) is 29.9 Å². The maximum atomic E-state index is 11.7. The van der Waals surface area contributed by atoms with Crippen molar-refractivity contribution in [1.29, 1.82) is 0 Å². The number of benzene rings is 3. The van der Waals surface area contributed by atoms with Gasteiger partial charge in [-0.15, -0.1) is 0 Å². The van der Waals surface area contributed by atoms with Crippen molar-refractivity contribution in [3.8, 4) is 17.2 Å². The number of amides is 1. The van der Waals surface area contributed by atoms with E-state index in [1.165, 1.54) is 86.4 Å². The van der Waals surface area contributed by atoms with Crippen LogP contribution in [0, 0.1) is 11.8 Å². The Bertz CT molecular complexity index is 1550. The lowest BCUT2D eigenvalue weighted by molar-refractivity contribution is -0.946. The van der Waals surface area contributed by atoms with E-state index >= 15 is 0 Å². The van der Waals surface area contributed by atoms with E-state index < -0.39 is 0 Å². The molecule has 3 aromatic rings. The second kappa shape index (κ2) is 16.2. The van der Waals surface area contributed by atoms with Gasteiger partial charge in [0.15, 0.2) is 6.61 Å². The molecule has 2 unspecified atom stereocenters. The molecule has 268 valence electrons. The first kappa shape index (κ1) is 34.8. The number of quaternary nitrogens is 1. The zero-order valence-electron chi connectivity index (χ0n) is 29.8. The number of ether oxygens (including phenoxy) is 3. The number of fused-ring (bicyclic) bond motifs is 4. The average molecular weight is 683 g/mol. The van der Waals surface area contributed by atoms with Crippen molar-refractivity contribution < 1.29 is 28.6 Å². The lowest BCUT2D eigenvalue weighted by atomic mass is 9.82. The monoisotopic (exact) mass is 682 g/mol. The molecule has 4 aliphatic heterocycles. The van der Waals surface area contributed by atoms with Crippen molar-refractivity contribution in [2.24, 2.45) is 11.8 Å². The molecule has 50 heavy (non-hydrogen) atoms. The minimum Gasteiger partial charge on any atom is -0.508 e. The first-order chi connectivity index (χ1) is 24.4. The molecule has 5 aliphatic rings. The number of carbonyl (C=O) groups excluding carboxylic acids is 1. The summed E-state index contributed by atoms with van der Waals surface area (Å²) in [4.78, 5) is 11.7. The van der Waals surface area contributed by atoms with Crippen LogP contribution in [0.15, 0.2) is 66.7 Å². The quantitative estimate of drug-likeness (QED) is 0.113. The van der Waals surface area contributed by atoms with Crippen LogP contribution in [0.4, 0.5) is 5.69 Å². The van der Waals surface area contributed by atoms with Gasteiger partial charge in [0.25, 0.3) is 5.91 Å². The zero-order valence-corrected chi connectivity index (χ0v) is 29.8. The van der Waals surface area contributed by atoms with E-state index in [4.69, 9.17) is 14.2 Å². The molecule has 0 aromatic heterocycles. The molecule has 3 N–H and O–H groups in total. The largest absolute Gasteiger partial charge is 0.508 e. The highest BCUT2D eigenvalue weighted by atomic mass is 16.5. The topological polar surface area (TPSA) is 89.1 Å². The van der Waals surface area contributed by atoms with Gasteiger partial charge in [0.05, 0.1) is 38.5 Å². The minimum absolute atomic E-state index is 0.00106. The van der Waals surface area contributed by atoms with Gasteiger partial charge < -0.3 is 34.4 Å². The maximum Gasteiger partial charge on any atom is 0.262 e. The fourth-order valence-corrected chi connectivity index (χ4v) is 9.15. The average Bonchev–Trinajstić information content (AvgIpc) is 3.66. The van der Waals surface area contributed by atoms with Crippen LogP contribution in [-0.4, -0.2) is 80.2 Å². The summed E-state index contributed by atoms with van der Waals surface area (Å²) >= 11 is 0. The van der Waals surface area contributed by atoms with Crippen LogP contribution >= 0.6 is 0 Å². The summed E-state index contributed by atoms with van der Waals surface area (Å²) in [6.07, 6.45) is 11.1. The first-order valence-electron chi connectivity index (χ1n) is 19.2. The minimum atomic E-state index is -0.205. The van der Waals surface area contributed by atoms with Crippen LogP contribution < -0.4 is 20.1 Å². The third-order valence-corrected chi connectivity index (χ3v) is 11.9. The Morgan fingerprint density at radius 1 is 1.02 bits per heavy atom. The SMILES string of the molecule is CC(Cc1ccc(OCCC[N+]23CCC(CC2)[C@H](OCC(c2ccccc2)C2CCCC2)C3)cc1)NCCc1cc(O)cc2c1OCC(=O)N2. The van der Waals surface area contributed by atoms with E-state index in [2.05, 4.69) is 72.2 Å². The van der Waals surface area contributed by atoms with Crippen LogP contribution in [-0.2, 0) is 22.4 Å². The molecular formula is C42H56N3O5+. The van der Waals surface area contributed by atoms with Crippen LogP contribution in [0.25, 0.3) is 0 Å². The first-order valence-corrected chi connectivity index (χ1v) is 19.2. The van der Waals surface area contributed by atoms with Crippen molar-refractivity contribution in [3.63, 3.8) is 0 Å². The molecule has 3 aromatic carbocycles. The smallest absolute Gasteiger partial charge is 0.262 e. The number of piperidine rings is 3. The second-order valence-corrected chi connectivity index (χ2v) is 15.4. The lowest BCUT2D eigenvalue weighted by Crippen LogP contribution is -2.64. The number of anilines is 1. The van der Waals surface area contributed by atoms with Crippen LogP contribution in [0.3, 0.4) is 0 Å². The molecule has 4 fully saturated rings. The highest BCUT2D eigenvalue weighted by molar-refractivity contribution is 5.96. The Morgan fingerprint density at radius 3 is 2.58 bits per heavy atom. The molecule has 8 nitrogen and oxygen atoms in total. The number of aromatic hydroxyl groups is 1. The fourth-order valence-electron chi connectivity index (χ4n) is 9.15. The van der Waals surface area contributed by atoms with Crippen LogP contribution in [0.2, 0.25) is 0 Å². The number of nitrogens with zero attached hydrogens (tertiary/aromatic N) is 1. The van der Waals surface area contributed by atoms with Crippen molar-refractivity contribution >= 4 is 11.6 Å². The molecule has 8 rings (SSSR count). The van der Waals surface area contributed by atoms with Crippen molar-refractivity contribution in [2.75, 3.05) is 57.9 Å². The van der Waals surface area contributed by atoms with Gasteiger partial charge in [-0.3, -0.25) is 4.79 Å². The Hall–Kier alpha value is -3.59. The number of rotatable bonds is 16. The van der Waals surface area contributed by atoms with Gasteiger partial charge in [-0.1, -0.05) is 55.3 Å². The Balaban J connectivity index is 0.827. The van der Waals surface area contributed by atoms with E-state index in [9.17, 15) is 9.90 Å². The number of nitrogens with one attached hydrogen (secondary N) is 2. The molecule has 4 heterocycles. The van der Waals surface area contributed by atoms with Crippen molar-refractivity contribution in [1.82, 2.24) is 5.32 Å². The van der Waals surface area contributed by atoms with Gasteiger partial charge in [-0.2, -0.15) is 0 Å². The van der Waals surface area contributed by atoms with Crippen molar-refractivity contribution in [3.05, 3.63) is 83.4 Å². The Kier molecular flexibility index (Phi) is 11.3. The standard InChI is InChI=1S/C42H55N3O5/c1-30(43-19-16-35-25-36(46)26-39-42(35)50-29-41(47)44-39)24-31-12-14-37(15-13-31)48-23-7-20-45-21-17-34(18-22-45)40(27-45)49-28-38(33-10-5-6-11-33)32-8-3-2-4-9-32/h2-4,8-9,12-15,25-26,30,33-34,38,40,43H,5-7,10-11,16-24,27-29H2,1H3,(H-,44,46,47)/p+1/t30?,34?,38?,40-,45?/m1/s1. The number of phenolic OH excluding ortho intramolecular Hbond substituents is 1. The fraction of sp³-hybridized carbons (Fsp3) is 0.548. The molecule has 0 radical (unpaired) electrons. The van der Waals surface area contributed by atoms with E-state index in [1.54, 1.807) is 6.07 Å². The lowest BCUT2D eigenvalue weighted by Gasteiger charge is -2.52. The van der Waals surface area contributed by atoms with Crippen molar-refractivity contribution in [2.45, 2.75) is 82.8 Å². The van der Waals surface area contributed by atoms with Gasteiger partial charge in [0, 0.05) is 48.8 Å². The number of carbonyl (C=O) groups is 1. The second-order valence-electron chi connectivity index (χ2n) is 15.4. The highest BCUT2D eigenvalue weighted by Crippen LogP contribution is 2.40. The summed E-state index contributed by atoms with van der Waals surface area (Å²) in [5, 5.41) is 16.5. The summed E-state index contributed by atoms with van der Waals surface area (Å²) in [6, 6.07) is 23.2. The third-order valence-electron chi connectivity index (χ3n) is 11.9. The molecule has 1 saturated carbocycles.